The number of alkyl halides is 4. The molecular formula is C14H18F4. The van der Waals surface area contributed by atoms with Crippen LogP contribution >= 0.6 is 0 Å². The van der Waals surface area contributed by atoms with Crippen LogP contribution in [0.3, 0.4) is 0 Å². The summed E-state index contributed by atoms with van der Waals surface area (Å²) in [4.78, 5) is 0. The zero-order chi connectivity index (χ0) is 13.6. The lowest BCUT2D eigenvalue weighted by molar-refractivity contribution is -0.168. The Balaban J connectivity index is 2.28. The molecule has 18 heavy (non-hydrogen) atoms. The van der Waals surface area contributed by atoms with Gasteiger partial charge >= 0.3 is 11.8 Å². The summed E-state index contributed by atoms with van der Waals surface area (Å²) in [7, 11) is 0. The standard InChI is InChI=1S/C14H18F4/c1-9-3-6-11(7-4-9)12-8-5-10(2)13(15,16)14(12,17)18/h5,8-9,11H,3-4,6-7H2,1-2H3. The van der Waals surface area contributed by atoms with Crippen molar-refractivity contribution in [2.24, 2.45) is 11.8 Å². The molecule has 1 fully saturated rings. The van der Waals surface area contributed by atoms with Gasteiger partial charge in [0.1, 0.15) is 0 Å². The van der Waals surface area contributed by atoms with Crippen LogP contribution in [0.4, 0.5) is 17.6 Å². The van der Waals surface area contributed by atoms with Crippen LogP contribution in [0, 0.1) is 11.8 Å². The maximum absolute atomic E-state index is 13.9. The molecular weight excluding hydrogens is 244 g/mol. The lowest BCUT2D eigenvalue weighted by Gasteiger charge is -2.37. The van der Waals surface area contributed by atoms with Crippen LogP contribution < -0.4 is 0 Å². The zero-order valence-electron chi connectivity index (χ0n) is 10.6. The third kappa shape index (κ3) is 1.99. The summed E-state index contributed by atoms with van der Waals surface area (Å²) < 4.78 is 55.0. The van der Waals surface area contributed by atoms with Crippen LogP contribution in [-0.2, 0) is 0 Å². The zero-order valence-corrected chi connectivity index (χ0v) is 10.6. The Labute approximate surface area is 105 Å². The molecule has 102 valence electrons. The molecule has 0 spiro atoms. The molecule has 0 unspecified atom stereocenters. The minimum absolute atomic E-state index is 0.370. The van der Waals surface area contributed by atoms with Gasteiger partial charge in [-0.1, -0.05) is 31.9 Å². The van der Waals surface area contributed by atoms with Gasteiger partial charge in [0.25, 0.3) is 0 Å². The minimum Gasteiger partial charge on any atom is -0.194 e. The molecule has 0 aromatic rings. The summed E-state index contributed by atoms with van der Waals surface area (Å²) in [5, 5.41) is 0. The van der Waals surface area contributed by atoms with Crippen LogP contribution in [0.25, 0.3) is 0 Å². The van der Waals surface area contributed by atoms with Crippen LogP contribution in [0.2, 0.25) is 0 Å². The van der Waals surface area contributed by atoms with E-state index in [1.54, 1.807) is 0 Å². The molecule has 0 bridgehead atoms. The van der Waals surface area contributed by atoms with E-state index in [0.717, 1.165) is 25.8 Å². The van der Waals surface area contributed by atoms with Gasteiger partial charge in [-0.3, -0.25) is 0 Å². The largest absolute Gasteiger partial charge is 0.336 e. The van der Waals surface area contributed by atoms with Crippen LogP contribution in [0.1, 0.15) is 39.5 Å². The molecule has 0 aromatic heterocycles. The van der Waals surface area contributed by atoms with E-state index in [2.05, 4.69) is 6.92 Å². The van der Waals surface area contributed by atoms with E-state index in [9.17, 15) is 17.6 Å². The third-order valence-electron chi connectivity index (χ3n) is 4.22. The second kappa shape index (κ2) is 4.39. The van der Waals surface area contributed by atoms with Gasteiger partial charge in [0.15, 0.2) is 0 Å². The summed E-state index contributed by atoms with van der Waals surface area (Å²) in [6.45, 7) is 3.13. The van der Waals surface area contributed by atoms with Crippen molar-refractivity contribution >= 4 is 0 Å². The highest BCUT2D eigenvalue weighted by molar-refractivity contribution is 5.38. The molecule has 0 aliphatic heterocycles. The van der Waals surface area contributed by atoms with Crippen molar-refractivity contribution in [2.45, 2.75) is 51.4 Å². The molecule has 0 atom stereocenters. The summed E-state index contributed by atoms with van der Waals surface area (Å²) in [5.74, 6) is -7.96. The quantitative estimate of drug-likeness (QED) is 0.585. The first kappa shape index (κ1) is 13.6. The lowest BCUT2D eigenvalue weighted by atomic mass is 9.74. The Hall–Kier alpha value is -0.800. The highest BCUT2D eigenvalue weighted by Crippen LogP contribution is 2.51. The van der Waals surface area contributed by atoms with E-state index >= 15 is 0 Å². The second-order valence-corrected chi connectivity index (χ2v) is 5.58. The molecule has 0 amide bonds. The number of hydrogen-bond acceptors (Lipinski definition) is 0. The first-order chi connectivity index (χ1) is 8.26. The van der Waals surface area contributed by atoms with Gasteiger partial charge in [-0.15, -0.1) is 0 Å². The van der Waals surface area contributed by atoms with Crippen molar-refractivity contribution in [2.75, 3.05) is 0 Å². The number of rotatable bonds is 1. The molecule has 0 heterocycles. The maximum Gasteiger partial charge on any atom is 0.336 e. The Morgan fingerprint density at radius 1 is 0.944 bits per heavy atom. The highest BCUT2D eigenvalue weighted by Gasteiger charge is 2.61. The van der Waals surface area contributed by atoms with Crippen LogP contribution in [0.15, 0.2) is 23.3 Å². The van der Waals surface area contributed by atoms with Crippen LogP contribution in [-0.4, -0.2) is 11.8 Å². The van der Waals surface area contributed by atoms with E-state index in [1.165, 1.54) is 6.08 Å². The van der Waals surface area contributed by atoms with E-state index in [0.29, 0.717) is 18.8 Å². The summed E-state index contributed by atoms with van der Waals surface area (Å²) in [6, 6.07) is 0. The lowest BCUT2D eigenvalue weighted by Crippen LogP contribution is -2.46. The van der Waals surface area contributed by atoms with Gasteiger partial charge in [0.2, 0.25) is 0 Å². The fourth-order valence-electron chi connectivity index (χ4n) is 2.82. The van der Waals surface area contributed by atoms with Crippen molar-refractivity contribution in [1.29, 1.82) is 0 Å². The molecule has 0 aromatic carbocycles. The summed E-state index contributed by atoms with van der Waals surface area (Å²) in [5.41, 5.74) is -0.926. The van der Waals surface area contributed by atoms with Crippen molar-refractivity contribution in [3.8, 4) is 0 Å². The molecule has 0 saturated heterocycles. The summed E-state index contributed by atoms with van der Waals surface area (Å²) >= 11 is 0. The summed E-state index contributed by atoms with van der Waals surface area (Å²) in [6.07, 6.45) is 5.22. The van der Waals surface area contributed by atoms with Gasteiger partial charge < -0.3 is 0 Å². The van der Waals surface area contributed by atoms with E-state index in [1.807, 2.05) is 0 Å². The molecule has 0 nitrogen and oxygen atoms in total. The predicted octanol–water partition coefficient (Wildman–Crippen LogP) is 4.97. The third-order valence-corrected chi connectivity index (χ3v) is 4.22. The molecule has 4 heteroatoms. The molecule has 0 N–H and O–H groups in total. The Morgan fingerprint density at radius 3 is 2.06 bits per heavy atom. The van der Waals surface area contributed by atoms with E-state index < -0.39 is 23.3 Å². The fourth-order valence-corrected chi connectivity index (χ4v) is 2.82. The van der Waals surface area contributed by atoms with E-state index in [4.69, 9.17) is 0 Å². The molecule has 2 aliphatic carbocycles. The van der Waals surface area contributed by atoms with Crippen molar-refractivity contribution in [1.82, 2.24) is 0 Å². The Kier molecular flexibility index (Phi) is 3.32. The Bertz CT molecular complexity index is 385. The number of halogens is 4. The SMILES string of the molecule is CC1=CC=C(C2CCC(C)CC2)C(F)(F)C1(F)F. The van der Waals surface area contributed by atoms with Gasteiger partial charge in [-0.2, -0.15) is 17.6 Å². The van der Waals surface area contributed by atoms with E-state index in [-0.39, 0.29) is 5.57 Å². The van der Waals surface area contributed by atoms with Crippen molar-refractivity contribution < 1.29 is 17.6 Å². The number of hydrogen-bond donors (Lipinski definition) is 0. The van der Waals surface area contributed by atoms with Gasteiger partial charge in [-0.05, 0) is 31.6 Å². The van der Waals surface area contributed by atoms with Gasteiger partial charge in [-0.25, -0.2) is 0 Å². The fraction of sp³-hybridized carbons (Fsp3) is 0.714. The Morgan fingerprint density at radius 2 is 1.50 bits per heavy atom. The molecule has 2 rings (SSSR count). The molecule has 0 radical (unpaired) electrons. The van der Waals surface area contributed by atoms with Crippen LogP contribution in [0.5, 0.6) is 0 Å². The maximum atomic E-state index is 13.9. The average Bonchev–Trinajstić information content (AvgIpc) is 2.29. The van der Waals surface area contributed by atoms with Gasteiger partial charge in [0, 0.05) is 11.1 Å². The van der Waals surface area contributed by atoms with Gasteiger partial charge in [0.05, 0.1) is 0 Å². The predicted molar refractivity (Wildman–Crippen MR) is 62.9 cm³/mol. The van der Waals surface area contributed by atoms with Crippen molar-refractivity contribution in [3.05, 3.63) is 23.3 Å². The smallest absolute Gasteiger partial charge is 0.194 e. The molecule has 1 saturated carbocycles. The molecule has 2 aliphatic rings. The minimum atomic E-state index is -4.04. The monoisotopic (exact) mass is 262 g/mol. The average molecular weight is 262 g/mol. The number of allylic oxidation sites excluding steroid dienone is 4. The first-order valence-corrected chi connectivity index (χ1v) is 6.42. The van der Waals surface area contributed by atoms with Crippen molar-refractivity contribution in [3.63, 3.8) is 0 Å². The highest BCUT2D eigenvalue weighted by atomic mass is 19.3. The topological polar surface area (TPSA) is 0 Å². The normalized spacial score (nSPS) is 34.8. The first-order valence-electron chi connectivity index (χ1n) is 6.42. The second-order valence-electron chi connectivity index (χ2n) is 5.58.